The second kappa shape index (κ2) is 5.57. The Kier molecular flexibility index (Phi) is 4.04. The first-order valence-electron chi connectivity index (χ1n) is 6.50. The second-order valence-electron chi connectivity index (χ2n) is 4.84. The molecule has 1 heterocycles. The van der Waals surface area contributed by atoms with E-state index in [2.05, 4.69) is 5.32 Å². The Morgan fingerprint density at radius 1 is 1.58 bits per heavy atom. The molecule has 2 rings (SSSR count). The maximum Gasteiger partial charge on any atom is 0.242 e. The van der Waals surface area contributed by atoms with E-state index in [1.165, 1.54) is 12.1 Å². The summed E-state index contributed by atoms with van der Waals surface area (Å²) in [5.41, 5.74) is 1.26. The summed E-state index contributed by atoms with van der Waals surface area (Å²) < 4.78 is 13.3. The third kappa shape index (κ3) is 2.71. The van der Waals surface area contributed by atoms with Gasteiger partial charge in [0, 0.05) is 24.8 Å². The highest BCUT2D eigenvalue weighted by Gasteiger charge is 2.31. The monoisotopic (exact) mass is 266 g/mol. The van der Waals surface area contributed by atoms with Gasteiger partial charge in [0.1, 0.15) is 11.9 Å². The summed E-state index contributed by atoms with van der Waals surface area (Å²) in [6.07, 6.45) is 0.919. The number of carbonyl (C=O) groups excluding carboxylic acids is 1. The number of hydrogen-bond acceptors (Lipinski definition) is 3. The van der Waals surface area contributed by atoms with Crippen molar-refractivity contribution >= 4 is 11.6 Å². The number of halogens is 1. The summed E-state index contributed by atoms with van der Waals surface area (Å²) in [5, 5.41) is 12.4. The quantitative estimate of drug-likeness (QED) is 0.873. The molecule has 1 fully saturated rings. The van der Waals surface area contributed by atoms with Gasteiger partial charge >= 0.3 is 0 Å². The Hall–Kier alpha value is -1.62. The minimum atomic E-state index is -0.767. The zero-order chi connectivity index (χ0) is 14.0. The molecule has 0 radical (unpaired) electrons. The number of likely N-dealkylation sites (N-methyl/N-ethyl adjacent to an activating group) is 1. The van der Waals surface area contributed by atoms with Crippen molar-refractivity contribution in [2.75, 3.05) is 18.5 Å². The van der Waals surface area contributed by atoms with Crippen LogP contribution in [0.2, 0.25) is 0 Å². The van der Waals surface area contributed by atoms with Gasteiger partial charge in [0.15, 0.2) is 0 Å². The highest BCUT2D eigenvalue weighted by molar-refractivity contribution is 5.86. The second-order valence-corrected chi connectivity index (χ2v) is 4.84. The molecule has 1 amide bonds. The lowest BCUT2D eigenvalue weighted by Gasteiger charge is -2.28. The minimum absolute atomic E-state index is 0.0432. The zero-order valence-electron chi connectivity index (χ0n) is 11.2. The van der Waals surface area contributed by atoms with Crippen LogP contribution in [0.25, 0.3) is 0 Å². The highest BCUT2D eigenvalue weighted by atomic mass is 19.1. The standard InChI is InChI=1S/C14H19FN2O2/c1-9(18)11-8-10(15)5-6-12(11)17-7-3-4-13(17)14(19)16-2/h5-6,8-9,13,18H,3-4,7H2,1-2H3,(H,16,19). The maximum atomic E-state index is 13.3. The van der Waals surface area contributed by atoms with Gasteiger partial charge in [-0.2, -0.15) is 0 Å². The molecule has 0 spiro atoms. The van der Waals surface area contributed by atoms with Crippen LogP contribution in [0.1, 0.15) is 31.4 Å². The molecule has 1 aliphatic rings. The molecule has 0 saturated carbocycles. The third-order valence-electron chi connectivity index (χ3n) is 3.55. The van der Waals surface area contributed by atoms with Crippen molar-refractivity contribution in [2.24, 2.45) is 0 Å². The van der Waals surface area contributed by atoms with Gasteiger partial charge in [0.25, 0.3) is 0 Å². The normalized spacial score (nSPS) is 20.4. The maximum absolute atomic E-state index is 13.3. The van der Waals surface area contributed by atoms with Gasteiger partial charge in [-0.15, -0.1) is 0 Å². The van der Waals surface area contributed by atoms with E-state index >= 15 is 0 Å². The van der Waals surface area contributed by atoms with Crippen LogP contribution in [0.3, 0.4) is 0 Å². The fraction of sp³-hybridized carbons (Fsp3) is 0.500. The largest absolute Gasteiger partial charge is 0.389 e. The Morgan fingerprint density at radius 3 is 2.95 bits per heavy atom. The van der Waals surface area contributed by atoms with Crippen molar-refractivity contribution in [3.05, 3.63) is 29.6 Å². The van der Waals surface area contributed by atoms with E-state index in [-0.39, 0.29) is 17.8 Å². The molecule has 2 unspecified atom stereocenters. The van der Waals surface area contributed by atoms with Crippen molar-refractivity contribution in [1.82, 2.24) is 5.32 Å². The Bertz CT molecular complexity index is 477. The number of nitrogens with one attached hydrogen (secondary N) is 1. The van der Waals surface area contributed by atoms with Crippen molar-refractivity contribution in [1.29, 1.82) is 0 Å². The van der Waals surface area contributed by atoms with Gasteiger partial charge < -0.3 is 15.3 Å². The summed E-state index contributed by atoms with van der Waals surface area (Å²) >= 11 is 0. The fourth-order valence-electron chi connectivity index (χ4n) is 2.62. The molecule has 1 saturated heterocycles. The SMILES string of the molecule is CNC(=O)C1CCCN1c1ccc(F)cc1C(C)O. The van der Waals surface area contributed by atoms with E-state index in [0.717, 1.165) is 25.1 Å². The van der Waals surface area contributed by atoms with Gasteiger partial charge in [0.05, 0.1) is 6.10 Å². The number of carbonyl (C=O) groups is 1. The van der Waals surface area contributed by atoms with E-state index in [1.54, 1.807) is 20.0 Å². The first kappa shape index (κ1) is 13.8. The minimum Gasteiger partial charge on any atom is -0.389 e. The van der Waals surface area contributed by atoms with E-state index in [1.807, 2.05) is 4.90 Å². The number of aliphatic hydroxyl groups is 1. The summed E-state index contributed by atoms with van der Waals surface area (Å²) in [6, 6.07) is 4.09. The molecule has 104 valence electrons. The predicted molar refractivity (Wildman–Crippen MR) is 71.5 cm³/mol. The van der Waals surface area contributed by atoms with Crippen molar-refractivity contribution in [3.8, 4) is 0 Å². The lowest BCUT2D eigenvalue weighted by atomic mass is 10.1. The molecule has 5 heteroatoms. The van der Waals surface area contributed by atoms with Crippen molar-refractivity contribution in [2.45, 2.75) is 31.9 Å². The first-order chi connectivity index (χ1) is 9.04. The first-order valence-corrected chi connectivity index (χ1v) is 6.50. The topological polar surface area (TPSA) is 52.6 Å². The number of anilines is 1. The van der Waals surface area contributed by atoms with Crippen molar-refractivity contribution < 1.29 is 14.3 Å². The molecule has 2 atom stereocenters. The number of amides is 1. The number of aliphatic hydroxyl groups excluding tert-OH is 1. The van der Waals surface area contributed by atoms with E-state index in [9.17, 15) is 14.3 Å². The molecule has 4 nitrogen and oxygen atoms in total. The Morgan fingerprint density at radius 2 is 2.32 bits per heavy atom. The Balaban J connectivity index is 2.38. The predicted octanol–water partition coefficient (Wildman–Crippen LogP) is 1.59. The molecule has 2 N–H and O–H groups in total. The van der Waals surface area contributed by atoms with Crippen LogP contribution >= 0.6 is 0 Å². The molecule has 1 aliphatic heterocycles. The molecule has 0 aromatic heterocycles. The van der Waals surface area contributed by atoms with E-state index in [0.29, 0.717) is 5.56 Å². The summed E-state index contributed by atoms with van der Waals surface area (Å²) in [7, 11) is 1.61. The van der Waals surface area contributed by atoms with Gasteiger partial charge in [-0.05, 0) is 38.0 Å². The lowest BCUT2D eigenvalue weighted by Crippen LogP contribution is -2.42. The summed E-state index contributed by atoms with van der Waals surface area (Å²) in [5.74, 6) is -0.422. The van der Waals surface area contributed by atoms with Gasteiger partial charge in [-0.25, -0.2) is 4.39 Å². The van der Waals surface area contributed by atoms with Crippen LogP contribution in [-0.2, 0) is 4.79 Å². The molecule has 19 heavy (non-hydrogen) atoms. The van der Waals surface area contributed by atoms with Crippen LogP contribution in [0.15, 0.2) is 18.2 Å². The molecule has 1 aromatic rings. The smallest absolute Gasteiger partial charge is 0.242 e. The highest BCUT2D eigenvalue weighted by Crippen LogP contribution is 2.32. The number of benzene rings is 1. The van der Waals surface area contributed by atoms with Gasteiger partial charge in [-0.1, -0.05) is 0 Å². The average molecular weight is 266 g/mol. The lowest BCUT2D eigenvalue weighted by molar-refractivity contribution is -0.121. The van der Waals surface area contributed by atoms with Crippen LogP contribution in [-0.4, -0.2) is 30.6 Å². The molecule has 0 bridgehead atoms. The third-order valence-corrected chi connectivity index (χ3v) is 3.55. The number of nitrogens with zero attached hydrogens (tertiary/aromatic N) is 1. The van der Waals surface area contributed by atoms with Crippen LogP contribution in [0.4, 0.5) is 10.1 Å². The van der Waals surface area contributed by atoms with Crippen LogP contribution in [0, 0.1) is 5.82 Å². The number of hydrogen-bond donors (Lipinski definition) is 2. The van der Waals surface area contributed by atoms with Gasteiger partial charge in [0.2, 0.25) is 5.91 Å². The fourth-order valence-corrected chi connectivity index (χ4v) is 2.62. The zero-order valence-corrected chi connectivity index (χ0v) is 11.2. The molecular formula is C14H19FN2O2. The van der Waals surface area contributed by atoms with E-state index in [4.69, 9.17) is 0 Å². The van der Waals surface area contributed by atoms with E-state index < -0.39 is 6.10 Å². The molecular weight excluding hydrogens is 247 g/mol. The van der Waals surface area contributed by atoms with Crippen LogP contribution in [0.5, 0.6) is 0 Å². The number of rotatable bonds is 3. The van der Waals surface area contributed by atoms with Crippen molar-refractivity contribution in [3.63, 3.8) is 0 Å². The summed E-state index contributed by atoms with van der Waals surface area (Å²) in [6.45, 7) is 2.34. The molecule has 0 aliphatic carbocycles. The average Bonchev–Trinajstić information content (AvgIpc) is 2.86. The Labute approximate surface area is 112 Å². The van der Waals surface area contributed by atoms with Crippen LogP contribution < -0.4 is 10.2 Å². The van der Waals surface area contributed by atoms with Gasteiger partial charge in [-0.3, -0.25) is 4.79 Å². The summed E-state index contributed by atoms with van der Waals surface area (Å²) in [4.78, 5) is 13.8. The molecule has 1 aromatic carbocycles.